The van der Waals surface area contributed by atoms with E-state index in [1.807, 2.05) is 135 Å². The van der Waals surface area contributed by atoms with Crippen molar-refractivity contribution in [1.29, 1.82) is 0 Å². The van der Waals surface area contributed by atoms with Crippen LogP contribution in [0, 0.1) is 5.92 Å². The van der Waals surface area contributed by atoms with E-state index >= 15 is 0 Å². The van der Waals surface area contributed by atoms with Crippen LogP contribution in [0.3, 0.4) is 0 Å². The van der Waals surface area contributed by atoms with Crippen molar-refractivity contribution < 1.29 is 33.4 Å². The number of carbonyl (C=O) groups excluding carboxylic acids is 5. The van der Waals surface area contributed by atoms with Crippen LogP contribution in [0.4, 0.5) is 4.79 Å². The highest BCUT2D eigenvalue weighted by Crippen LogP contribution is 2.37. The molecule has 1 saturated carbocycles. The van der Waals surface area contributed by atoms with Gasteiger partial charge in [-0.25, -0.2) is 9.59 Å². The van der Waals surface area contributed by atoms with Gasteiger partial charge in [-0.05, 0) is 73.6 Å². The third-order valence-corrected chi connectivity index (χ3v) is 10.8. The molecule has 0 aliphatic heterocycles. The van der Waals surface area contributed by atoms with Crippen molar-refractivity contribution >= 4 is 29.8 Å². The molecule has 61 heavy (non-hydrogen) atoms. The van der Waals surface area contributed by atoms with E-state index in [1.165, 1.54) is 12.2 Å². The second-order valence-corrected chi connectivity index (χ2v) is 15.9. The lowest BCUT2D eigenvalue weighted by atomic mass is 9.77. The van der Waals surface area contributed by atoms with Gasteiger partial charge in [0.15, 0.2) is 0 Å². The first-order valence-corrected chi connectivity index (χ1v) is 21.5. The summed E-state index contributed by atoms with van der Waals surface area (Å²) in [6.45, 7) is 5.75. The van der Waals surface area contributed by atoms with Crippen molar-refractivity contribution in [2.75, 3.05) is 6.61 Å². The number of alkyl carbamates (subject to hydrolysis) is 1. The maximum absolute atomic E-state index is 14.3. The Morgan fingerprint density at radius 3 is 1.74 bits per heavy atom. The van der Waals surface area contributed by atoms with Crippen molar-refractivity contribution in [3.63, 3.8) is 0 Å². The molecule has 0 saturated heterocycles. The Labute approximate surface area is 360 Å². The molecule has 4 aromatic carbocycles. The fraction of sp³-hybridized carbons (Fsp3) is 0.380. The minimum Gasteiger partial charge on any atom is -0.463 e. The number of ether oxygens (including phenoxy) is 2. The van der Waals surface area contributed by atoms with Gasteiger partial charge in [-0.3, -0.25) is 14.4 Å². The highest BCUT2D eigenvalue weighted by Gasteiger charge is 2.38. The predicted molar refractivity (Wildman–Crippen MR) is 236 cm³/mol. The number of hydrogen-bond acceptors (Lipinski definition) is 7. The molecule has 1 aliphatic rings. The molecule has 3 atom stereocenters. The second kappa shape index (κ2) is 23.5. The molecule has 11 heteroatoms. The van der Waals surface area contributed by atoms with Crippen LogP contribution >= 0.6 is 0 Å². The predicted octanol–water partition coefficient (Wildman–Crippen LogP) is 7.68. The normalized spacial score (nSPS) is 14.6. The maximum atomic E-state index is 14.3. The zero-order chi connectivity index (χ0) is 43.5. The molecular weight excluding hydrogens is 769 g/mol. The largest absolute Gasteiger partial charge is 0.463 e. The summed E-state index contributed by atoms with van der Waals surface area (Å²) in [5.74, 6) is -1.91. The fourth-order valence-corrected chi connectivity index (χ4v) is 7.77. The van der Waals surface area contributed by atoms with Crippen LogP contribution in [-0.2, 0) is 40.6 Å². The lowest BCUT2D eigenvalue weighted by Gasteiger charge is -2.37. The van der Waals surface area contributed by atoms with Gasteiger partial charge in [0, 0.05) is 25.0 Å². The summed E-state index contributed by atoms with van der Waals surface area (Å²) >= 11 is 0. The fourth-order valence-electron chi connectivity index (χ4n) is 7.77. The van der Waals surface area contributed by atoms with Gasteiger partial charge in [-0.2, -0.15) is 0 Å². The molecule has 4 N–H and O–H groups in total. The van der Waals surface area contributed by atoms with Gasteiger partial charge < -0.3 is 30.7 Å². The second-order valence-electron chi connectivity index (χ2n) is 15.9. The maximum Gasteiger partial charge on any atom is 0.408 e. The minimum absolute atomic E-state index is 0.0361. The number of carbonyl (C=O) groups is 5. The van der Waals surface area contributed by atoms with E-state index < -0.39 is 47.5 Å². The first kappa shape index (κ1) is 45.8. The van der Waals surface area contributed by atoms with Crippen LogP contribution in [-0.4, -0.2) is 60.6 Å². The standard InChI is InChI=1S/C50H60N4O7/c1-4-60-46(56)33-31-41(30-32-45(55)54-50(38-22-12-6-13-23-38,39-24-14-7-15-25-39)40-26-16-8-17-27-40)51-47(57)44(35-37-20-10-5-11-21-37)52-48(58)43(34-36(2)3)53-49(59)61-42-28-18-9-19-29-42/h5-8,10-17,20-27,31,33,36,41-44H,4,9,18-19,28-30,32,34-35H2,1-3H3,(H,51,57)(H,52,58)(H,53,59)(H,54,55)/b33-31+/t41-,43-,44-/m0/s1. The van der Waals surface area contributed by atoms with E-state index in [9.17, 15) is 24.0 Å². The minimum atomic E-state index is -1.07. The Balaban J connectivity index is 1.38. The first-order chi connectivity index (χ1) is 29.6. The van der Waals surface area contributed by atoms with Gasteiger partial charge in [0.1, 0.15) is 23.7 Å². The van der Waals surface area contributed by atoms with E-state index in [4.69, 9.17) is 9.47 Å². The van der Waals surface area contributed by atoms with Gasteiger partial charge in [0.2, 0.25) is 17.7 Å². The van der Waals surface area contributed by atoms with Crippen LogP contribution in [0.1, 0.15) is 94.4 Å². The number of nitrogens with one attached hydrogen (secondary N) is 4. The van der Waals surface area contributed by atoms with Crippen molar-refractivity contribution in [3.05, 3.63) is 156 Å². The average Bonchev–Trinajstić information content (AvgIpc) is 3.27. The van der Waals surface area contributed by atoms with E-state index in [0.29, 0.717) is 6.42 Å². The summed E-state index contributed by atoms with van der Waals surface area (Å²) in [6, 6.07) is 35.7. The zero-order valence-electron chi connectivity index (χ0n) is 35.5. The topological polar surface area (TPSA) is 152 Å². The molecular formula is C50H60N4O7. The number of benzene rings is 4. The first-order valence-electron chi connectivity index (χ1n) is 21.5. The SMILES string of the molecule is CCOC(=O)/C=C/[C@H](CCC(=O)NC(c1ccccc1)(c1ccccc1)c1ccccc1)NC(=O)[C@H](Cc1ccccc1)NC(=O)[C@H](CC(C)C)NC(=O)OC1CCCCC1. The highest BCUT2D eigenvalue weighted by atomic mass is 16.6. The van der Waals surface area contributed by atoms with Gasteiger partial charge in [0.05, 0.1) is 6.61 Å². The summed E-state index contributed by atoms with van der Waals surface area (Å²) < 4.78 is 10.8. The van der Waals surface area contributed by atoms with E-state index in [2.05, 4.69) is 21.3 Å². The number of esters is 1. The van der Waals surface area contributed by atoms with Crippen LogP contribution in [0.2, 0.25) is 0 Å². The van der Waals surface area contributed by atoms with Crippen molar-refractivity contribution in [2.45, 2.75) is 108 Å². The van der Waals surface area contributed by atoms with Gasteiger partial charge in [-0.1, -0.05) is 148 Å². The molecule has 1 aliphatic carbocycles. The van der Waals surface area contributed by atoms with Crippen LogP contribution in [0.5, 0.6) is 0 Å². The number of amides is 4. The quantitative estimate of drug-likeness (QED) is 0.0405. The van der Waals surface area contributed by atoms with Gasteiger partial charge >= 0.3 is 12.1 Å². The Kier molecular flexibility index (Phi) is 17.7. The Morgan fingerprint density at radius 1 is 0.689 bits per heavy atom. The summed E-state index contributed by atoms with van der Waals surface area (Å²) in [7, 11) is 0. The highest BCUT2D eigenvalue weighted by molar-refractivity contribution is 5.92. The van der Waals surface area contributed by atoms with E-state index in [-0.39, 0.29) is 43.8 Å². The number of rotatable bonds is 20. The average molecular weight is 829 g/mol. The Morgan fingerprint density at radius 2 is 1.21 bits per heavy atom. The molecule has 0 bridgehead atoms. The van der Waals surface area contributed by atoms with Crippen LogP contribution in [0.15, 0.2) is 133 Å². The third-order valence-electron chi connectivity index (χ3n) is 10.8. The molecule has 1 fully saturated rings. The molecule has 0 heterocycles. The monoisotopic (exact) mass is 828 g/mol. The van der Waals surface area contributed by atoms with E-state index in [0.717, 1.165) is 54.4 Å². The smallest absolute Gasteiger partial charge is 0.408 e. The summed E-state index contributed by atoms with van der Waals surface area (Å²) in [5.41, 5.74) is 2.33. The lowest BCUT2D eigenvalue weighted by molar-refractivity contribution is -0.137. The molecule has 0 aromatic heterocycles. The van der Waals surface area contributed by atoms with Crippen molar-refractivity contribution in [1.82, 2.24) is 21.3 Å². The molecule has 322 valence electrons. The molecule has 11 nitrogen and oxygen atoms in total. The summed E-state index contributed by atoms with van der Waals surface area (Å²) in [6.07, 6.45) is 7.08. The Bertz CT molecular complexity index is 1920. The molecule has 0 radical (unpaired) electrons. The van der Waals surface area contributed by atoms with Crippen LogP contribution < -0.4 is 21.3 Å². The molecule has 4 amide bonds. The Hall–Kier alpha value is -6.23. The molecule has 4 aromatic rings. The van der Waals surface area contributed by atoms with Crippen molar-refractivity contribution in [3.8, 4) is 0 Å². The molecule has 5 rings (SSSR count). The van der Waals surface area contributed by atoms with Crippen LogP contribution in [0.25, 0.3) is 0 Å². The summed E-state index contributed by atoms with van der Waals surface area (Å²) in [4.78, 5) is 68.1. The third kappa shape index (κ3) is 13.9. The lowest BCUT2D eigenvalue weighted by Crippen LogP contribution is -2.56. The van der Waals surface area contributed by atoms with Gasteiger partial charge in [-0.15, -0.1) is 0 Å². The molecule has 0 unspecified atom stereocenters. The summed E-state index contributed by atoms with van der Waals surface area (Å²) in [5, 5.41) is 12.0. The number of hydrogen-bond donors (Lipinski definition) is 4. The van der Waals surface area contributed by atoms with Gasteiger partial charge in [0.25, 0.3) is 0 Å². The zero-order valence-corrected chi connectivity index (χ0v) is 35.5. The molecule has 0 spiro atoms. The van der Waals surface area contributed by atoms with E-state index in [1.54, 1.807) is 6.92 Å². The van der Waals surface area contributed by atoms with Crippen molar-refractivity contribution in [2.24, 2.45) is 5.92 Å².